The third-order valence-electron chi connectivity index (χ3n) is 5.17. The predicted octanol–water partition coefficient (Wildman–Crippen LogP) is 5.88. The summed E-state index contributed by atoms with van der Waals surface area (Å²) in [5.41, 5.74) is 3.24. The Kier molecular flexibility index (Phi) is 5.70. The molecule has 31 heavy (non-hydrogen) atoms. The molecule has 166 valence electrons. The average Bonchev–Trinajstić information content (AvgIpc) is 3.39. The predicted molar refractivity (Wildman–Crippen MR) is 127 cm³/mol. The van der Waals surface area contributed by atoms with Gasteiger partial charge in [0.1, 0.15) is 17.5 Å². The molecule has 0 unspecified atom stereocenters. The Balaban J connectivity index is 1.68. The topological polar surface area (TPSA) is 57.3 Å². The van der Waals surface area contributed by atoms with Crippen LogP contribution in [0.1, 0.15) is 12.8 Å². The number of benzene rings is 2. The third kappa shape index (κ3) is 4.68. The number of hydrogen-bond donors (Lipinski definition) is 2. The van der Waals surface area contributed by atoms with E-state index < -0.39 is 15.1 Å². The average molecular weight is 485 g/mol. The number of nitrogens with zero attached hydrogens (tertiary/aromatic N) is 2. The molecule has 5 nitrogen and oxygen atoms in total. The van der Waals surface area contributed by atoms with Crippen LogP contribution < -0.4 is 14.9 Å². The Labute approximate surface area is 189 Å². The van der Waals surface area contributed by atoms with E-state index in [0.717, 1.165) is 25.9 Å². The molecule has 2 N–H and O–H groups in total. The number of rotatable bonds is 6. The Hall–Kier alpha value is -2.23. The Morgan fingerprint density at radius 3 is 2.55 bits per heavy atom. The first-order chi connectivity index (χ1) is 14.6. The fourth-order valence-electron chi connectivity index (χ4n) is 3.68. The van der Waals surface area contributed by atoms with Crippen LogP contribution in [0.4, 0.5) is 31.7 Å². The molecular weight excluding hydrogens is 462 g/mol. The van der Waals surface area contributed by atoms with Crippen molar-refractivity contribution in [3.05, 3.63) is 57.9 Å². The largest absolute Gasteiger partial charge is 0.370 e. The lowest BCUT2D eigenvalue weighted by molar-refractivity contribution is 0.591. The summed E-state index contributed by atoms with van der Waals surface area (Å²) >= 11 is 7.81. The molecule has 1 aliphatic rings. The van der Waals surface area contributed by atoms with Crippen LogP contribution in [-0.4, -0.2) is 34.8 Å². The molecule has 1 aromatic heterocycles. The molecule has 10 heteroatoms. The van der Waals surface area contributed by atoms with E-state index in [1.807, 2.05) is 0 Å². The molecule has 1 aliphatic heterocycles. The molecular formula is C21H23ClF2N4OS2. The molecule has 0 saturated carbocycles. The maximum atomic E-state index is 15.2. The second-order valence-electron chi connectivity index (χ2n) is 8.05. The lowest BCUT2D eigenvalue weighted by Crippen LogP contribution is -2.39. The van der Waals surface area contributed by atoms with Gasteiger partial charge in [-0.25, -0.2) is 13.8 Å². The maximum Gasteiger partial charge on any atom is 0.147 e. The van der Waals surface area contributed by atoms with E-state index in [9.17, 15) is 8.60 Å². The van der Waals surface area contributed by atoms with Crippen molar-refractivity contribution in [1.29, 1.82) is 0 Å². The summed E-state index contributed by atoms with van der Waals surface area (Å²) in [7, 11) is -3.82. The lowest BCUT2D eigenvalue weighted by atomic mass is 10.2. The Bertz CT molecular complexity index is 1170. The molecule has 4 rings (SSSR count). The van der Waals surface area contributed by atoms with Gasteiger partial charge in [-0.15, -0.1) is 11.3 Å². The van der Waals surface area contributed by atoms with Crippen molar-refractivity contribution in [2.75, 3.05) is 40.5 Å². The van der Waals surface area contributed by atoms with Crippen LogP contribution in [0.2, 0.25) is 5.02 Å². The van der Waals surface area contributed by atoms with Gasteiger partial charge in [0, 0.05) is 37.0 Å². The molecule has 0 atom stereocenters. The number of nitrogens with one attached hydrogen (secondary N) is 2. The summed E-state index contributed by atoms with van der Waals surface area (Å²) in [5.74, 6) is -0.597. The van der Waals surface area contributed by atoms with E-state index in [1.165, 1.54) is 48.1 Å². The van der Waals surface area contributed by atoms with Crippen molar-refractivity contribution >= 4 is 55.1 Å². The van der Waals surface area contributed by atoms with Crippen LogP contribution in [0.3, 0.4) is 0 Å². The van der Waals surface area contributed by atoms with Gasteiger partial charge in [0.25, 0.3) is 0 Å². The minimum absolute atomic E-state index is 0.0283. The number of hydrogen-bond acceptors (Lipinski definition) is 5. The normalized spacial score (nSPS) is 15.5. The van der Waals surface area contributed by atoms with E-state index in [0.29, 0.717) is 22.9 Å². The Morgan fingerprint density at radius 1 is 1.13 bits per heavy atom. The maximum absolute atomic E-state index is 15.2. The van der Waals surface area contributed by atoms with Gasteiger partial charge in [0.15, 0.2) is 0 Å². The number of thiazole rings is 1. The molecule has 1 fully saturated rings. The summed E-state index contributed by atoms with van der Waals surface area (Å²) in [4.78, 5) is 6.14. The molecule has 2 heterocycles. The summed E-state index contributed by atoms with van der Waals surface area (Å²) in [5, 5.41) is 5.02. The second-order valence-corrected chi connectivity index (χ2v) is 13.5. The zero-order valence-corrected chi connectivity index (χ0v) is 19.5. The van der Waals surface area contributed by atoms with Crippen LogP contribution >= 0.6 is 22.9 Å². The number of anilines is 4. The van der Waals surface area contributed by atoms with E-state index in [4.69, 9.17) is 11.6 Å². The smallest absolute Gasteiger partial charge is 0.147 e. The highest BCUT2D eigenvalue weighted by Crippen LogP contribution is 2.40. The van der Waals surface area contributed by atoms with Gasteiger partial charge in [0.05, 0.1) is 32.5 Å². The lowest BCUT2D eigenvalue weighted by Gasteiger charge is -2.36. The quantitative estimate of drug-likeness (QED) is 0.458. The fraction of sp³-hybridized carbons (Fsp3) is 0.286. The third-order valence-corrected chi connectivity index (χ3v) is 8.46. The Morgan fingerprint density at radius 2 is 1.87 bits per heavy atom. The minimum atomic E-state index is -3.82. The van der Waals surface area contributed by atoms with Gasteiger partial charge < -0.3 is 14.9 Å². The van der Waals surface area contributed by atoms with Crippen molar-refractivity contribution in [2.24, 2.45) is 0 Å². The molecule has 0 spiro atoms. The van der Waals surface area contributed by atoms with Crippen molar-refractivity contribution < 1.29 is 13.0 Å². The first-order valence-electron chi connectivity index (χ1n) is 9.70. The highest BCUT2D eigenvalue weighted by molar-refractivity contribution is 8.19. The second kappa shape index (κ2) is 8.03. The monoisotopic (exact) mass is 484 g/mol. The van der Waals surface area contributed by atoms with Crippen LogP contribution in [-0.2, 0) is 9.25 Å². The number of halogens is 3. The molecule has 3 aromatic rings. The summed E-state index contributed by atoms with van der Waals surface area (Å²) < 4.78 is 45.6. The first-order valence-corrected chi connectivity index (χ1v) is 13.8. The van der Waals surface area contributed by atoms with Gasteiger partial charge in [0.2, 0.25) is 0 Å². The summed E-state index contributed by atoms with van der Waals surface area (Å²) in [6.45, 7) is 1.66. The van der Waals surface area contributed by atoms with E-state index in [1.54, 1.807) is 17.0 Å². The zero-order valence-electron chi connectivity index (χ0n) is 17.1. The van der Waals surface area contributed by atoms with Gasteiger partial charge in [-0.3, -0.25) is 4.21 Å². The standard InChI is InChI=1S/C21H23ClF2N4OS2/c1-31(2,29,27-21-12-30-13-25-21)20-10-15(22)18(11-16(20)24)26-17-6-5-14(23)9-19(17)28-7-3-4-8-28/h5-6,9-13,26H,3-4,7-8H2,1-2H3,(H,27,29). The number of aromatic nitrogens is 1. The summed E-state index contributed by atoms with van der Waals surface area (Å²) in [6, 6.07) is 7.01. The van der Waals surface area contributed by atoms with Crippen LogP contribution in [0.25, 0.3) is 0 Å². The van der Waals surface area contributed by atoms with Gasteiger partial charge in [-0.2, -0.15) is 0 Å². The summed E-state index contributed by atoms with van der Waals surface area (Å²) in [6.07, 6.45) is 4.97. The molecule has 0 amide bonds. The van der Waals surface area contributed by atoms with Crippen LogP contribution in [0.15, 0.2) is 46.1 Å². The molecule has 0 radical (unpaired) electrons. The van der Waals surface area contributed by atoms with Gasteiger partial charge >= 0.3 is 0 Å². The SMILES string of the molecule is CS(C)(=O)(Nc1cscn1)c1cc(Cl)c(Nc2ccc(F)cc2N2CCCC2)cc1F. The van der Waals surface area contributed by atoms with E-state index in [2.05, 4.69) is 19.9 Å². The van der Waals surface area contributed by atoms with E-state index in [-0.39, 0.29) is 15.7 Å². The van der Waals surface area contributed by atoms with Crippen molar-refractivity contribution in [3.8, 4) is 0 Å². The molecule has 2 aromatic carbocycles. The minimum Gasteiger partial charge on any atom is -0.370 e. The fourth-order valence-corrected chi connectivity index (χ4v) is 6.43. The molecule has 0 bridgehead atoms. The van der Waals surface area contributed by atoms with Crippen molar-refractivity contribution in [1.82, 2.24) is 4.98 Å². The van der Waals surface area contributed by atoms with Gasteiger partial charge in [-0.1, -0.05) is 11.6 Å². The highest BCUT2D eigenvalue weighted by atomic mass is 35.5. The van der Waals surface area contributed by atoms with Crippen molar-refractivity contribution in [2.45, 2.75) is 17.7 Å². The van der Waals surface area contributed by atoms with Crippen molar-refractivity contribution in [3.63, 3.8) is 0 Å². The zero-order chi connectivity index (χ0) is 22.2. The van der Waals surface area contributed by atoms with Crippen LogP contribution in [0, 0.1) is 11.6 Å². The first kappa shape index (κ1) is 22.0. The molecule has 1 saturated heterocycles. The highest BCUT2D eigenvalue weighted by Gasteiger charge is 2.32. The van der Waals surface area contributed by atoms with Gasteiger partial charge in [-0.05, 0) is 46.4 Å². The molecule has 0 aliphatic carbocycles. The van der Waals surface area contributed by atoms with Crippen LogP contribution in [0.5, 0.6) is 0 Å². The van der Waals surface area contributed by atoms with E-state index >= 15 is 4.39 Å².